The van der Waals surface area contributed by atoms with Gasteiger partial charge in [-0.2, -0.15) is 5.10 Å². The number of carbonyl (C=O) groups is 1. The van der Waals surface area contributed by atoms with Crippen molar-refractivity contribution in [2.45, 2.75) is 19.8 Å². The van der Waals surface area contributed by atoms with Gasteiger partial charge >= 0.3 is 0 Å². The van der Waals surface area contributed by atoms with Gasteiger partial charge in [0.15, 0.2) is 0 Å². The second kappa shape index (κ2) is 6.84. The summed E-state index contributed by atoms with van der Waals surface area (Å²) < 4.78 is 13.1. The number of nitrogens with one attached hydrogen (secondary N) is 1. The number of H-pyrrole nitrogens is 1. The summed E-state index contributed by atoms with van der Waals surface area (Å²) in [6.07, 6.45) is 3.07. The van der Waals surface area contributed by atoms with Crippen molar-refractivity contribution in [2.24, 2.45) is 0 Å². The molecule has 1 amide bonds. The maximum absolute atomic E-state index is 13.1. The summed E-state index contributed by atoms with van der Waals surface area (Å²) in [7, 11) is 0. The van der Waals surface area contributed by atoms with Crippen LogP contribution in [0.4, 0.5) is 4.39 Å². The molecule has 1 N–H and O–H groups in total. The maximum Gasteiger partial charge on any atom is 0.271 e. The molecule has 4 nitrogen and oxygen atoms in total. The van der Waals surface area contributed by atoms with E-state index < -0.39 is 0 Å². The van der Waals surface area contributed by atoms with Crippen molar-refractivity contribution in [3.63, 3.8) is 0 Å². The first kappa shape index (κ1) is 14.2. The molecule has 0 aliphatic rings. The number of aromatic amines is 1. The van der Waals surface area contributed by atoms with Crippen LogP contribution in [-0.4, -0.2) is 34.1 Å². The van der Waals surface area contributed by atoms with E-state index in [1.54, 1.807) is 23.2 Å². The summed E-state index contributed by atoms with van der Waals surface area (Å²) in [6.45, 7) is 3.26. The van der Waals surface area contributed by atoms with Crippen molar-refractivity contribution < 1.29 is 9.18 Å². The van der Waals surface area contributed by atoms with Crippen LogP contribution in [-0.2, 0) is 6.42 Å². The lowest BCUT2D eigenvalue weighted by Crippen LogP contribution is -2.33. The first-order valence-corrected chi connectivity index (χ1v) is 6.74. The minimum Gasteiger partial charge on any atom is -0.337 e. The molecule has 0 aliphatic carbocycles. The molecule has 0 bridgehead atoms. The van der Waals surface area contributed by atoms with Crippen LogP contribution >= 0.6 is 0 Å². The van der Waals surface area contributed by atoms with Crippen LogP contribution < -0.4 is 0 Å². The van der Waals surface area contributed by atoms with Crippen LogP contribution in [0, 0.1) is 5.82 Å². The van der Waals surface area contributed by atoms with Crippen LogP contribution in [0.5, 0.6) is 0 Å². The third-order valence-electron chi connectivity index (χ3n) is 3.07. The van der Waals surface area contributed by atoms with Crippen molar-refractivity contribution in [3.8, 4) is 0 Å². The number of benzene rings is 1. The first-order chi connectivity index (χ1) is 9.70. The summed E-state index contributed by atoms with van der Waals surface area (Å²) in [6, 6.07) is 8.14. The fourth-order valence-electron chi connectivity index (χ4n) is 2.09. The van der Waals surface area contributed by atoms with Gasteiger partial charge in [-0.05, 0) is 36.6 Å². The second-order valence-corrected chi connectivity index (χ2v) is 4.64. The maximum atomic E-state index is 13.1. The van der Waals surface area contributed by atoms with Gasteiger partial charge in [0.25, 0.3) is 5.91 Å². The SMILES string of the molecule is CCCN(CCc1cccc(F)c1)C(=O)c1ccn[nH]1. The van der Waals surface area contributed by atoms with E-state index in [0.717, 1.165) is 12.0 Å². The highest BCUT2D eigenvalue weighted by Gasteiger charge is 2.15. The molecule has 1 heterocycles. The minimum atomic E-state index is -0.246. The normalized spacial score (nSPS) is 10.5. The van der Waals surface area contributed by atoms with E-state index in [1.165, 1.54) is 12.1 Å². The quantitative estimate of drug-likeness (QED) is 0.881. The van der Waals surface area contributed by atoms with Crippen LogP contribution in [0.3, 0.4) is 0 Å². The molecule has 0 aliphatic heterocycles. The number of amides is 1. The molecule has 0 saturated heterocycles. The van der Waals surface area contributed by atoms with E-state index in [-0.39, 0.29) is 11.7 Å². The number of nitrogens with zero attached hydrogens (tertiary/aromatic N) is 2. The molecule has 1 aromatic carbocycles. The zero-order chi connectivity index (χ0) is 14.4. The summed E-state index contributed by atoms with van der Waals surface area (Å²) in [4.78, 5) is 14.0. The van der Waals surface area contributed by atoms with E-state index in [2.05, 4.69) is 10.2 Å². The lowest BCUT2D eigenvalue weighted by atomic mass is 10.1. The zero-order valence-electron chi connectivity index (χ0n) is 11.5. The van der Waals surface area contributed by atoms with Gasteiger partial charge in [-0.1, -0.05) is 19.1 Å². The lowest BCUT2D eigenvalue weighted by molar-refractivity contribution is 0.0751. The number of rotatable bonds is 6. The highest BCUT2D eigenvalue weighted by atomic mass is 19.1. The van der Waals surface area contributed by atoms with Gasteiger partial charge in [-0.25, -0.2) is 4.39 Å². The summed E-state index contributed by atoms with van der Waals surface area (Å²) >= 11 is 0. The van der Waals surface area contributed by atoms with Gasteiger partial charge in [-0.15, -0.1) is 0 Å². The molecule has 106 valence electrons. The van der Waals surface area contributed by atoms with E-state index in [0.29, 0.717) is 25.2 Å². The molecule has 0 unspecified atom stereocenters. The number of halogens is 1. The monoisotopic (exact) mass is 275 g/mol. The Hall–Kier alpha value is -2.17. The molecule has 1 aromatic heterocycles. The first-order valence-electron chi connectivity index (χ1n) is 6.74. The smallest absolute Gasteiger partial charge is 0.271 e. The Morgan fingerprint density at radius 1 is 1.35 bits per heavy atom. The molecule has 20 heavy (non-hydrogen) atoms. The van der Waals surface area contributed by atoms with Gasteiger partial charge in [0.05, 0.1) is 0 Å². The zero-order valence-corrected chi connectivity index (χ0v) is 11.5. The molecule has 2 aromatic rings. The van der Waals surface area contributed by atoms with Crippen LogP contribution in [0.25, 0.3) is 0 Å². The van der Waals surface area contributed by atoms with E-state index in [4.69, 9.17) is 0 Å². The lowest BCUT2D eigenvalue weighted by Gasteiger charge is -2.21. The molecule has 0 radical (unpaired) electrons. The predicted molar refractivity (Wildman–Crippen MR) is 74.9 cm³/mol. The Morgan fingerprint density at radius 3 is 2.85 bits per heavy atom. The topological polar surface area (TPSA) is 49.0 Å². The van der Waals surface area contributed by atoms with Crippen LogP contribution in [0.15, 0.2) is 36.5 Å². The van der Waals surface area contributed by atoms with Crippen molar-refractivity contribution in [2.75, 3.05) is 13.1 Å². The second-order valence-electron chi connectivity index (χ2n) is 4.64. The Kier molecular flexibility index (Phi) is 4.87. The number of carbonyl (C=O) groups excluding carboxylic acids is 1. The van der Waals surface area contributed by atoms with Crippen molar-refractivity contribution in [1.82, 2.24) is 15.1 Å². The Morgan fingerprint density at radius 2 is 2.20 bits per heavy atom. The Labute approximate surface area is 117 Å². The standard InChI is InChI=1S/C15H18FN3O/c1-2-9-19(15(20)14-6-8-17-18-14)10-7-12-4-3-5-13(16)11-12/h3-6,8,11H,2,7,9-10H2,1H3,(H,17,18). The summed E-state index contributed by atoms with van der Waals surface area (Å²) in [5, 5.41) is 6.48. The van der Waals surface area contributed by atoms with Crippen LogP contribution in [0.2, 0.25) is 0 Å². The van der Waals surface area contributed by atoms with Gasteiger partial charge < -0.3 is 4.90 Å². The van der Waals surface area contributed by atoms with Crippen molar-refractivity contribution >= 4 is 5.91 Å². The van der Waals surface area contributed by atoms with Crippen molar-refractivity contribution in [3.05, 3.63) is 53.6 Å². The van der Waals surface area contributed by atoms with Gasteiger partial charge in [0.1, 0.15) is 11.5 Å². The van der Waals surface area contributed by atoms with Gasteiger partial charge in [0, 0.05) is 19.3 Å². The number of hydrogen-bond acceptors (Lipinski definition) is 2. The van der Waals surface area contributed by atoms with Crippen LogP contribution in [0.1, 0.15) is 29.4 Å². The molecular formula is C15H18FN3O. The molecule has 0 saturated carbocycles. The third kappa shape index (κ3) is 3.66. The number of hydrogen-bond donors (Lipinski definition) is 1. The van der Waals surface area contributed by atoms with E-state index in [1.807, 2.05) is 13.0 Å². The van der Waals surface area contributed by atoms with Crippen molar-refractivity contribution in [1.29, 1.82) is 0 Å². The van der Waals surface area contributed by atoms with E-state index >= 15 is 0 Å². The number of aromatic nitrogens is 2. The van der Waals surface area contributed by atoms with Gasteiger partial charge in [0.2, 0.25) is 0 Å². The fraction of sp³-hybridized carbons (Fsp3) is 0.333. The molecular weight excluding hydrogens is 257 g/mol. The van der Waals surface area contributed by atoms with Gasteiger partial charge in [-0.3, -0.25) is 9.89 Å². The summed E-state index contributed by atoms with van der Waals surface area (Å²) in [5.74, 6) is -0.315. The Balaban J connectivity index is 2.01. The highest BCUT2D eigenvalue weighted by Crippen LogP contribution is 2.08. The fourth-order valence-corrected chi connectivity index (χ4v) is 2.09. The average Bonchev–Trinajstić information content (AvgIpc) is 2.97. The van der Waals surface area contributed by atoms with E-state index in [9.17, 15) is 9.18 Å². The largest absolute Gasteiger partial charge is 0.337 e. The molecule has 0 spiro atoms. The molecule has 5 heteroatoms. The Bertz CT molecular complexity index is 554. The average molecular weight is 275 g/mol. The third-order valence-corrected chi connectivity index (χ3v) is 3.07. The predicted octanol–water partition coefficient (Wildman–Crippen LogP) is 2.64. The highest BCUT2D eigenvalue weighted by molar-refractivity contribution is 5.92. The minimum absolute atomic E-state index is 0.0687. The molecule has 0 fully saturated rings. The molecule has 0 atom stereocenters. The summed E-state index contributed by atoms with van der Waals surface area (Å²) in [5.41, 5.74) is 1.38. The molecule has 2 rings (SSSR count).